The number of nitrogens with two attached hydrogens (primary N) is 1. The largest absolute Gasteiger partial charge is 0.379 e. The Bertz CT molecular complexity index is 436. The number of hydrogen-bond acceptors (Lipinski definition) is 4. The van der Waals surface area contributed by atoms with E-state index in [9.17, 15) is 0 Å². The predicted octanol–water partition coefficient (Wildman–Crippen LogP) is 1.55. The Morgan fingerprint density at radius 1 is 1.29 bits per heavy atom. The molecule has 0 unspecified atom stereocenters. The summed E-state index contributed by atoms with van der Waals surface area (Å²) >= 11 is 0. The number of benzene rings is 1. The van der Waals surface area contributed by atoms with Crippen LogP contribution in [0, 0.1) is 6.92 Å². The van der Waals surface area contributed by atoms with E-state index in [1.54, 1.807) is 0 Å². The number of nitrogens with zero attached hydrogens (tertiary/aromatic N) is 2. The van der Waals surface area contributed by atoms with Crippen LogP contribution in [0.1, 0.15) is 16.8 Å². The summed E-state index contributed by atoms with van der Waals surface area (Å²) in [6.45, 7) is 2.05. The maximum absolute atomic E-state index is 5.57. The molecule has 0 saturated heterocycles. The van der Waals surface area contributed by atoms with Crippen molar-refractivity contribution in [1.29, 1.82) is 0 Å². The zero-order valence-electron chi connectivity index (χ0n) is 7.90. The van der Waals surface area contributed by atoms with Crippen molar-refractivity contribution in [2.75, 3.05) is 5.73 Å². The smallest absolute Gasteiger partial charge is 0.191 e. The average Bonchev–Trinajstić information content (AvgIpc) is 2.56. The Kier molecular flexibility index (Phi) is 2.18. The van der Waals surface area contributed by atoms with E-state index in [1.807, 2.05) is 18.2 Å². The molecular weight excluding hydrogens is 178 g/mol. The normalized spacial score (nSPS) is 10.4. The topological polar surface area (TPSA) is 64.9 Å². The fourth-order valence-corrected chi connectivity index (χ4v) is 1.32. The summed E-state index contributed by atoms with van der Waals surface area (Å²) in [5, 5.41) is 7.28. The summed E-state index contributed by atoms with van der Waals surface area (Å²) in [6.07, 6.45) is 0.669. The molecule has 0 atom stereocenters. The third-order valence-corrected chi connectivity index (χ3v) is 2.21. The van der Waals surface area contributed by atoms with Crippen molar-refractivity contribution < 1.29 is 4.63 Å². The maximum atomic E-state index is 5.57. The van der Waals surface area contributed by atoms with Crippen molar-refractivity contribution in [3.05, 3.63) is 41.1 Å². The van der Waals surface area contributed by atoms with E-state index in [2.05, 4.69) is 27.9 Å². The van der Waals surface area contributed by atoms with Gasteiger partial charge >= 0.3 is 0 Å². The average molecular weight is 189 g/mol. The fourth-order valence-electron chi connectivity index (χ4n) is 1.32. The molecule has 2 N–H and O–H groups in total. The van der Waals surface area contributed by atoms with Crippen molar-refractivity contribution in [2.45, 2.75) is 13.3 Å². The molecule has 0 saturated carbocycles. The second kappa shape index (κ2) is 3.49. The molecule has 72 valence electrons. The summed E-state index contributed by atoms with van der Waals surface area (Å²) in [4.78, 5) is 0. The minimum Gasteiger partial charge on any atom is -0.379 e. The molecule has 4 nitrogen and oxygen atoms in total. The number of aryl methyl sites for hydroxylation is 1. The van der Waals surface area contributed by atoms with E-state index in [0.717, 1.165) is 0 Å². The highest BCUT2D eigenvalue weighted by Gasteiger charge is 2.07. The number of hydrogen-bond donors (Lipinski definition) is 1. The highest BCUT2D eigenvalue weighted by Crippen LogP contribution is 2.14. The summed E-state index contributed by atoms with van der Waals surface area (Å²) < 4.78 is 4.53. The van der Waals surface area contributed by atoms with Crippen LogP contribution in [0.15, 0.2) is 28.9 Å². The van der Waals surface area contributed by atoms with Crippen LogP contribution >= 0.6 is 0 Å². The zero-order valence-corrected chi connectivity index (χ0v) is 7.90. The highest BCUT2D eigenvalue weighted by atomic mass is 16.6. The second-order valence-corrected chi connectivity index (χ2v) is 3.20. The van der Waals surface area contributed by atoms with E-state index < -0.39 is 0 Å². The van der Waals surface area contributed by atoms with Gasteiger partial charge in [-0.2, -0.15) is 0 Å². The molecule has 1 aromatic heterocycles. The minimum atomic E-state index is 0.369. The number of aromatic nitrogens is 2. The van der Waals surface area contributed by atoms with Gasteiger partial charge in [-0.1, -0.05) is 29.4 Å². The number of anilines is 1. The quantitative estimate of drug-likeness (QED) is 0.778. The van der Waals surface area contributed by atoms with Crippen molar-refractivity contribution in [1.82, 2.24) is 10.3 Å². The van der Waals surface area contributed by atoms with E-state index in [0.29, 0.717) is 17.9 Å². The Balaban J connectivity index is 2.28. The van der Waals surface area contributed by atoms with Gasteiger partial charge in [-0.25, -0.2) is 4.63 Å². The molecule has 0 amide bonds. The molecule has 0 spiro atoms. The van der Waals surface area contributed by atoms with Crippen LogP contribution in [0.2, 0.25) is 0 Å². The number of rotatable bonds is 2. The van der Waals surface area contributed by atoms with Crippen molar-refractivity contribution in [2.24, 2.45) is 0 Å². The van der Waals surface area contributed by atoms with E-state index >= 15 is 0 Å². The molecule has 0 aliphatic rings. The molecule has 2 aromatic rings. The monoisotopic (exact) mass is 189 g/mol. The number of nitrogen functional groups attached to an aromatic ring is 1. The molecule has 1 aromatic carbocycles. The second-order valence-electron chi connectivity index (χ2n) is 3.20. The third kappa shape index (κ3) is 1.59. The lowest BCUT2D eigenvalue weighted by Gasteiger charge is -2.01. The van der Waals surface area contributed by atoms with Gasteiger partial charge in [0.2, 0.25) is 0 Å². The van der Waals surface area contributed by atoms with E-state index in [1.165, 1.54) is 11.1 Å². The van der Waals surface area contributed by atoms with Gasteiger partial charge in [0, 0.05) is 6.42 Å². The first-order valence-electron chi connectivity index (χ1n) is 4.39. The van der Waals surface area contributed by atoms with Gasteiger partial charge in [0.15, 0.2) is 5.82 Å². The van der Waals surface area contributed by atoms with Gasteiger partial charge in [-0.3, -0.25) is 0 Å². The SMILES string of the molecule is Cc1ccccc1Cc1nonc1N. The zero-order chi connectivity index (χ0) is 9.97. The van der Waals surface area contributed by atoms with Crippen LogP contribution in [0.4, 0.5) is 5.82 Å². The van der Waals surface area contributed by atoms with Crippen LogP contribution in [0.5, 0.6) is 0 Å². The Labute approximate surface area is 81.7 Å². The molecule has 2 rings (SSSR count). The van der Waals surface area contributed by atoms with E-state index in [-0.39, 0.29) is 0 Å². The van der Waals surface area contributed by atoms with Gasteiger partial charge < -0.3 is 5.73 Å². The Hall–Kier alpha value is -1.84. The van der Waals surface area contributed by atoms with Gasteiger partial charge in [-0.05, 0) is 23.2 Å². The van der Waals surface area contributed by atoms with Gasteiger partial charge in [0.1, 0.15) is 5.69 Å². The first kappa shape index (κ1) is 8.74. The lowest BCUT2D eigenvalue weighted by atomic mass is 10.0. The lowest BCUT2D eigenvalue weighted by Crippen LogP contribution is -1.96. The fraction of sp³-hybridized carbons (Fsp3) is 0.200. The summed E-state index contributed by atoms with van der Waals surface area (Å²) in [6, 6.07) is 8.10. The molecule has 1 heterocycles. The molecule has 0 aliphatic carbocycles. The Morgan fingerprint density at radius 2 is 2.07 bits per heavy atom. The molecule has 0 aliphatic heterocycles. The first-order chi connectivity index (χ1) is 6.77. The summed E-state index contributed by atoms with van der Waals surface area (Å²) in [5.41, 5.74) is 8.67. The molecule has 0 bridgehead atoms. The van der Waals surface area contributed by atoms with Crippen LogP contribution < -0.4 is 5.73 Å². The van der Waals surface area contributed by atoms with Crippen LogP contribution in [0.3, 0.4) is 0 Å². The highest BCUT2D eigenvalue weighted by molar-refractivity contribution is 5.37. The Morgan fingerprint density at radius 3 is 2.71 bits per heavy atom. The summed E-state index contributed by atoms with van der Waals surface area (Å²) in [7, 11) is 0. The van der Waals surface area contributed by atoms with Gasteiger partial charge in [-0.15, -0.1) is 0 Å². The predicted molar refractivity (Wildman–Crippen MR) is 52.7 cm³/mol. The van der Waals surface area contributed by atoms with Gasteiger partial charge in [0.25, 0.3) is 0 Å². The molecule has 14 heavy (non-hydrogen) atoms. The molecular formula is C10H11N3O. The van der Waals surface area contributed by atoms with Crippen molar-refractivity contribution >= 4 is 5.82 Å². The van der Waals surface area contributed by atoms with Crippen molar-refractivity contribution in [3.8, 4) is 0 Å². The molecule has 4 heteroatoms. The van der Waals surface area contributed by atoms with E-state index in [4.69, 9.17) is 5.73 Å². The van der Waals surface area contributed by atoms with Crippen LogP contribution in [-0.2, 0) is 6.42 Å². The van der Waals surface area contributed by atoms with Crippen LogP contribution in [-0.4, -0.2) is 10.3 Å². The van der Waals surface area contributed by atoms with Gasteiger partial charge in [0.05, 0.1) is 0 Å². The van der Waals surface area contributed by atoms with Crippen LogP contribution in [0.25, 0.3) is 0 Å². The maximum Gasteiger partial charge on any atom is 0.191 e. The minimum absolute atomic E-state index is 0.369. The third-order valence-electron chi connectivity index (χ3n) is 2.21. The summed E-state index contributed by atoms with van der Waals surface area (Å²) in [5.74, 6) is 0.369. The standard InChI is InChI=1S/C10H11N3O/c1-7-4-2-3-5-8(7)6-9-10(11)13-14-12-9/h2-5H,6H2,1H3,(H2,11,13). The molecule has 0 fully saturated rings. The lowest BCUT2D eigenvalue weighted by molar-refractivity contribution is 0.305. The van der Waals surface area contributed by atoms with Crippen molar-refractivity contribution in [3.63, 3.8) is 0 Å². The first-order valence-corrected chi connectivity index (χ1v) is 4.39. The molecule has 0 radical (unpaired) electrons.